The maximum absolute atomic E-state index is 12.7. The summed E-state index contributed by atoms with van der Waals surface area (Å²) in [6, 6.07) is 9.23. The number of benzene rings is 1. The molecule has 1 N–H and O–H groups in total. The Morgan fingerprint density at radius 1 is 1.25 bits per heavy atom. The number of anilines is 2. The fourth-order valence-electron chi connectivity index (χ4n) is 3.49. The Bertz CT molecular complexity index is 1040. The second kappa shape index (κ2) is 7.03. The standard InChI is InChI=1S/C20H22N6O2/c1-12(2)17-10-16(24-20-21-11-22-26(17)20)19(28)23-14-5-7-15(8-6-14)25-13(3)4-9-18(25)27/h5-8,10-13H,4,9H2,1-3H3,(H,23,28). The van der Waals surface area contributed by atoms with Gasteiger partial charge < -0.3 is 10.2 Å². The second-order valence-electron chi connectivity index (χ2n) is 7.35. The van der Waals surface area contributed by atoms with Gasteiger partial charge in [0.25, 0.3) is 11.7 Å². The monoisotopic (exact) mass is 378 g/mol. The second-order valence-corrected chi connectivity index (χ2v) is 7.35. The molecule has 2 amide bonds. The van der Waals surface area contributed by atoms with Gasteiger partial charge in [0.05, 0.1) is 5.69 Å². The average Bonchev–Trinajstić information content (AvgIpc) is 3.27. The van der Waals surface area contributed by atoms with Gasteiger partial charge in [-0.05, 0) is 49.6 Å². The number of rotatable bonds is 4. The van der Waals surface area contributed by atoms with E-state index in [9.17, 15) is 9.59 Å². The number of hydrogen-bond acceptors (Lipinski definition) is 5. The van der Waals surface area contributed by atoms with Crippen LogP contribution in [0.1, 0.15) is 55.7 Å². The van der Waals surface area contributed by atoms with Crippen molar-refractivity contribution in [3.05, 3.63) is 48.0 Å². The number of aromatic nitrogens is 4. The average molecular weight is 378 g/mol. The largest absolute Gasteiger partial charge is 0.321 e. The number of carbonyl (C=O) groups excluding carboxylic acids is 2. The normalized spacial score (nSPS) is 16.9. The first-order valence-electron chi connectivity index (χ1n) is 9.38. The van der Waals surface area contributed by atoms with E-state index in [1.165, 1.54) is 6.33 Å². The molecule has 1 atom stereocenters. The van der Waals surface area contributed by atoms with Crippen molar-refractivity contribution in [2.24, 2.45) is 0 Å². The highest BCUT2D eigenvalue weighted by Gasteiger charge is 2.28. The van der Waals surface area contributed by atoms with Crippen LogP contribution in [0.2, 0.25) is 0 Å². The van der Waals surface area contributed by atoms with E-state index < -0.39 is 0 Å². The number of nitrogens with one attached hydrogen (secondary N) is 1. The Labute approximate surface area is 162 Å². The number of hydrogen-bond donors (Lipinski definition) is 1. The maximum atomic E-state index is 12.7. The van der Waals surface area contributed by atoms with Crippen LogP contribution in [0, 0.1) is 0 Å². The third-order valence-corrected chi connectivity index (χ3v) is 4.99. The smallest absolute Gasteiger partial charge is 0.274 e. The summed E-state index contributed by atoms with van der Waals surface area (Å²) in [5.41, 5.74) is 2.64. The Kier molecular flexibility index (Phi) is 4.54. The number of nitrogens with zero attached hydrogens (tertiary/aromatic N) is 5. The first-order chi connectivity index (χ1) is 13.4. The molecule has 1 saturated heterocycles. The first kappa shape index (κ1) is 18.1. The van der Waals surface area contributed by atoms with E-state index in [1.54, 1.807) is 27.6 Å². The molecule has 8 heteroatoms. The zero-order valence-corrected chi connectivity index (χ0v) is 16.1. The summed E-state index contributed by atoms with van der Waals surface area (Å²) >= 11 is 0. The summed E-state index contributed by atoms with van der Waals surface area (Å²) in [7, 11) is 0. The van der Waals surface area contributed by atoms with E-state index >= 15 is 0 Å². The third-order valence-electron chi connectivity index (χ3n) is 4.99. The molecule has 1 aliphatic rings. The summed E-state index contributed by atoms with van der Waals surface area (Å²) in [6.45, 7) is 6.09. The van der Waals surface area contributed by atoms with Crippen molar-refractivity contribution >= 4 is 29.0 Å². The summed E-state index contributed by atoms with van der Waals surface area (Å²) < 4.78 is 1.64. The number of fused-ring (bicyclic) bond motifs is 1. The predicted octanol–water partition coefficient (Wildman–Crippen LogP) is 3.02. The van der Waals surface area contributed by atoms with E-state index in [2.05, 4.69) is 20.4 Å². The minimum Gasteiger partial charge on any atom is -0.321 e. The first-order valence-corrected chi connectivity index (χ1v) is 9.38. The van der Waals surface area contributed by atoms with Crippen molar-refractivity contribution in [3.8, 4) is 0 Å². The lowest BCUT2D eigenvalue weighted by Gasteiger charge is -2.21. The van der Waals surface area contributed by atoms with Crippen molar-refractivity contribution in [1.29, 1.82) is 0 Å². The van der Waals surface area contributed by atoms with E-state index in [0.717, 1.165) is 17.8 Å². The molecule has 1 aliphatic heterocycles. The highest BCUT2D eigenvalue weighted by atomic mass is 16.2. The van der Waals surface area contributed by atoms with E-state index in [0.29, 0.717) is 17.9 Å². The summed E-state index contributed by atoms with van der Waals surface area (Å²) in [5, 5.41) is 7.02. The molecule has 1 aromatic carbocycles. The zero-order valence-electron chi connectivity index (χ0n) is 16.1. The lowest BCUT2D eigenvalue weighted by atomic mass is 10.1. The Morgan fingerprint density at radius 2 is 2.00 bits per heavy atom. The quantitative estimate of drug-likeness (QED) is 0.753. The van der Waals surface area contributed by atoms with Crippen LogP contribution >= 0.6 is 0 Å². The molecule has 28 heavy (non-hydrogen) atoms. The highest BCUT2D eigenvalue weighted by molar-refractivity contribution is 6.03. The zero-order chi connectivity index (χ0) is 19.8. The van der Waals surface area contributed by atoms with Crippen LogP contribution in [0.15, 0.2) is 36.7 Å². The van der Waals surface area contributed by atoms with Crippen molar-refractivity contribution in [2.75, 3.05) is 10.2 Å². The van der Waals surface area contributed by atoms with Gasteiger partial charge in [-0.25, -0.2) is 9.50 Å². The van der Waals surface area contributed by atoms with Crippen LogP contribution < -0.4 is 10.2 Å². The van der Waals surface area contributed by atoms with Crippen molar-refractivity contribution in [3.63, 3.8) is 0 Å². The molecule has 3 aromatic rings. The van der Waals surface area contributed by atoms with Gasteiger partial charge in [-0.2, -0.15) is 10.1 Å². The molecule has 2 aromatic heterocycles. The summed E-state index contributed by atoms with van der Waals surface area (Å²) in [4.78, 5) is 35.0. The Hall–Kier alpha value is -3.29. The lowest BCUT2D eigenvalue weighted by Crippen LogP contribution is -2.30. The summed E-state index contributed by atoms with van der Waals surface area (Å²) in [5.74, 6) is 0.383. The minimum absolute atomic E-state index is 0.135. The Morgan fingerprint density at radius 3 is 2.64 bits per heavy atom. The molecule has 0 saturated carbocycles. The molecule has 0 radical (unpaired) electrons. The van der Waals surface area contributed by atoms with E-state index in [4.69, 9.17) is 0 Å². The van der Waals surface area contributed by atoms with Crippen LogP contribution in [0.4, 0.5) is 11.4 Å². The SMILES string of the molecule is CC(C)c1cc(C(=O)Nc2ccc(N3C(=O)CCC3C)cc2)nc2ncnn12. The molecule has 8 nitrogen and oxygen atoms in total. The van der Waals surface area contributed by atoms with Gasteiger partial charge >= 0.3 is 0 Å². The van der Waals surface area contributed by atoms with E-state index in [1.807, 2.05) is 32.9 Å². The van der Waals surface area contributed by atoms with Gasteiger partial charge in [-0.1, -0.05) is 13.8 Å². The van der Waals surface area contributed by atoms with Crippen LogP contribution in [-0.2, 0) is 4.79 Å². The number of amides is 2. The topological polar surface area (TPSA) is 92.5 Å². The van der Waals surface area contributed by atoms with Gasteiger partial charge in [0.15, 0.2) is 0 Å². The maximum Gasteiger partial charge on any atom is 0.274 e. The lowest BCUT2D eigenvalue weighted by molar-refractivity contribution is -0.117. The van der Waals surface area contributed by atoms with Crippen LogP contribution in [-0.4, -0.2) is 37.4 Å². The molecule has 0 spiro atoms. The summed E-state index contributed by atoms with van der Waals surface area (Å²) in [6.07, 6.45) is 2.87. The molecule has 1 unspecified atom stereocenters. The van der Waals surface area contributed by atoms with Gasteiger partial charge in [-0.3, -0.25) is 9.59 Å². The van der Waals surface area contributed by atoms with Gasteiger partial charge in [0, 0.05) is 23.8 Å². The predicted molar refractivity (Wildman–Crippen MR) is 105 cm³/mol. The van der Waals surface area contributed by atoms with Crippen molar-refractivity contribution in [2.45, 2.75) is 45.6 Å². The van der Waals surface area contributed by atoms with Gasteiger partial charge in [0.2, 0.25) is 5.91 Å². The van der Waals surface area contributed by atoms with Gasteiger partial charge in [-0.15, -0.1) is 0 Å². The van der Waals surface area contributed by atoms with Crippen LogP contribution in [0.25, 0.3) is 5.78 Å². The fourth-order valence-corrected chi connectivity index (χ4v) is 3.49. The molecule has 4 rings (SSSR count). The third kappa shape index (κ3) is 3.21. The molecule has 0 aliphatic carbocycles. The van der Waals surface area contributed by atoms with Crippen molar-refractivity contribution < 1.29 is 9.59 Å². The van der Waals surface area contributed by atoms with Gasteiger partial charge in [0.1, 0.15) is 12.0 Å². The number of carbonyl (C=O) groups is 2. The van der Waals surface area contributed by atoms with E-state index in [-0.39, 0.29) is 29.5 Å². The molecular formula is C20H22N6O2. The molecule has 0 bridgehead atoms. The van der Waals surface area contributed by atoms with Crippen LogP contribution in [0.3, 0.4) is 0 Å². The molecule has 144 valence electrons. The molecular weight excluding hydrogens is 356 g/mol. The fraction of sp³-hybridized carbons (Fsp3) is 0.350. The minimum atomic E-state index is -0.314. The van der Waals surface area contributed by atoms with Crippen molar-refractivity contribution in [1.82, 2.24) is 19.6 Å². The highest BCUT2D eigenvalue weighted by Crippen LogP contribution is 2.27. The Balaban J connectivity index is 1.55. The molecule has 3 heterocycles. The molecule has 1 fully saturated rings. The van der Waals surface area contributed by atoms with Crippen LogP contribution in [0.5, 0.6) is 0 Å².